The second-order valence-corrected chi connectivity index (χ2v) is 12.5. The Morgan fingerprint density at radius 2 is 0.940 bits per heavy atom. The lowest BCUT2D eigenvalue weighted by Crippen LogP contribution is -2.06. The minimum atomic E-state index is 0.560. The molecule has 5 heteroatoms. The van der Waals surface area contributed by atoms with Gasteiger partial charge in [-0.2, -0.15) is 9.97 Å². The summed E-state index contributed by atoms with van der Waals surface area (Å²) in [6.45, 7) is 0. The third-order valence-corrected chi connectivity index (χ3v) is 9.46. The number of fused-ring (bicyclic) bond motifs is 6. The van der Waals surface area contributed by atoms with Gasteiger partial charge in [0.15, 0.2) is 11.6 Å². The zero-order valence-electron chi connectivity index (χ0n) is 26.9. The fourth-order valence-corrected chi connectivity index (χ4v) is 7.14. The topological polar surface area (TPSA) is 56.7 Å². The number of furan rings is 1. The fraction of sp³-hybridized carbons (Fsp3) is 0. The molecule has 234 valence electrons. The first-order chi connectivity index (χ1) is 24.8. The Hall–Kier alpha value is -6.85. The maximum atomic E-state index is 6.62. The molecular formula is C45H28N4O. The molecule has 5 nitrogen and oxygen atoms in total. The summed E-state index contributed by atoms with van der Waals surface area (Å²) in [7, 11) is 0. The van der Waals surface area contributed by atoms with E-state index in [0.717, 1.165) is 77.1 Å². The van der Waals surface area contributed by atoms with E-state index in [1.54, 1.807) is 0 Å². The molecule has 0 amide bonds. The van der Waals surface area contributed by atoms with Gasteiger partial charge in [0.2, 0.25) is 5.95 Å². The van der Waals surface area contributed by atoms with Gasteiger partial charge in [0.05, 0.1) is 11.0 Å². The Labute approximate surface area is 287 Å². The van der Waals surface area contributed by atoms with Crippen molar-refractivity contribution in [3.05, 3.63) is 170 Å². The molecule has 3 aromatic heterocycles. The number of nitrogens with zero attached hydrogens (tertiary/aromatic N) is 4. The summed E-state index contributed by atoms with van der Waals surface area (Å²) in [5.74, 6) is 1.73. The van der Waals surface area contributed by atoms with Gasteiger partial charge in [0, 0.05) is 32.7 Å². The third-order valence-electron chi connectivity index (χ3n) is 9.46. The van der Waals surface area contributed by atoms with Crippen LogP contribution in [0.1, 0.15) is 0 Å². The Balaban J connectivity index is 1.25. The molecule has 0 bridgehead atoms. The van der Waals surface area contributed by atoms with Crippen LogP contribution in [0.3, 0.4) is 0 Å². The van der Waals surface area contributed by atoms with Crippen LogP contribution < -0.4 is 0 Å². The molecule has 0 N–H and O–H groups in total. The lowest BCUT2D eigenvalue weighted by Gasteiger charge is -2.12. The van der Waals surface area contributed by atoms with E-state index in [0.29, 0.717) is 17.6 Å². The van der Waals surface area contributed by atoms with E-state index in [1.807, 2.05) is 42.5 Å². The highest BCUT2D eigenvalue weighted by Gasteiger charge is 2.21. The number of aromatic nitrogens is 4. The molecule has 10 aromatic rings. The smallest absolute Gasteiger partial charge is 0.238 e. The van der Waals surface area contributed by atoms with E-state index in [4.69, 9.17) is 19.4 Å². The minimum Gasteiger partial charge on any atom is -0.456 e. The van der Waals surface area contributed by atoms with Gasteiger partial charge < -0.3 is 4.42 Å². The van der Waals surface area contributed by atoms with Gasteiger partial charge in [0.1, 0.15) is 11.2 Å². The number of benzene rings is 7. The highest BCUT2D eigenvalue weighted by molar-refractivity contribution is 6.14. The molecule has 0 spiro atoms. The molecule has 0 atom stereocenters. The van der Waals surface area contributed by atoms with Crippen molar-refractivity contribution in [1.29, 1.82) is 0 Å². The maximum Gasteiger partial charge on any atom is 0.238 e. The highest BCUT2D eigenvalue weighted by Crippen LogP contribution is 2.41. The first kappa shape index (κ1) is 28.2. The SMILES string of the molecule is c1ccc(-c2ccc3oc4cc(-c5nc(-c6ccccc6)nc(-n6c7ccccc7c7ccccc76)n5)cc(-c5ccccc5)c4c3c2)cc1. The Bertz CT molecular complexity index is 2800. The van der Waals surface area contributed by atoms with Crippen molar-refractivity contribution in [3.63, 3.8) is 0 Å². The molecule has 50 heavy (non-hydrogen) atoms. The largest absolute Gasteiger partial charge is 0.456 e. The van der Waals surface area contributed by atoms with Crippen LogP contribution in [-0.2, 0) is 0 Å². The van der Waals surface area contributed by atoms with Crippen molar-refractivity contribution < 1.29 is 4.42 Å². The van der Waals surface area contributed by atoms with Crippen LogP contribution in [0.4, 0.5) is 0 Å². The van der Waals surface area contributed by atoms with E-state index in [-0.39, 0.29) is 0 Å². The average molecular weight is 641 g/mol. The number of hydrogen-bond acceptors (Lipinski definition) is 4. The van der Waals surface area contributed by atoms with Crippen molar-refractivity contribution in [2.45, 2.75) is 0 Å². The summed E-state index contributed by atoms with van der Waals surface area (Å²) in [5.41, 5.74) is 9.91. The van der Waals surface area contributed by atoms with Crippen LogP contribution in [0.2, 0.25) is 0 Å². The molecule has 0 aliphatic rings. The number of para-hydroxylation sites is 2. The van der Waals surface area contributed by atoms with E-state index in [9.17, 15) is 0 Å². The average Bonchev–Trinajstić information content (AvgIpc) is 3.74. The van der Waals surface area contributed by atoms with Gasteiger partial charge in [-0.25, -0.2) is 4.98 Å². The predicted octanol–water partition coefficient (Wildman–Crippen LogP) is 11.5. The summed E-state index contributed by atoms with van der Waals surface area (Å²) >= 11 is 0. The number of rotatable bonds is 5. The molecule has 0 radical (unpaired) electrons. The lowest BCUT2D eigenvalue weighted by atomic mass is 9.95. The highest BCUT2D eigenvalue weighted by atomic mass is 16.3. The number of hydrogen-bond donors (Lipinski definition) is 0. The quantitative estimate of drug-likeness (QED) is 0.188. The molecule has 0 saturated carbocycles. The predicted molar refractivity (Wildman–Crippen MR) is 203 cm³/mol. The normalized spacial score (nSPS) is 11.6. The van der Waals surface area contributed by atoms with Gasteiger partial charge in [0.25, 0.3) is 0 Å². The van der Waals surface area contributed by atoms with E-state index in [2.05, 4.69) is 132 Å². The van der Waals surface area contributed by atoms with Crippen molar-refractivity contribution in [2.75, 3.05) is 0 Å². The van der Waals surface area contributed by atoms with Gasteiger partial charge in [-0.15, -0.1) is 0 Å². The summed E-state index contributed by atoms with van der Waals surface area (Å²) in [4.78, 5) is 15.4. The molecule has 0 aliphatic heterocycles. The van der Waals surface area contributed by atoms with Crippen LogP contribution >= 0.6 is 0 Å². The Morgan fingerprint density at radius 3 is 1.60 bits per heavy atom. The lowest BCUT2D eigenvalue weighted by molar-refractivity contribution is 0.669. The second-order valence-electron chi connectivity index (χ2n) is 12.5. The molecule has 10 rings (SSSR count). The second kappa shape index (κ2) is 11.4. The van der Waals surface area contributed by atoms with E-state index in [1.165, 1.54) is 0 Å². The summed E-state index contributed by atoms with van der Waals surface area (Å²) < 4.78 is 8.77. The van der Waals surface area contributed by atoms with Crippen molar-refractivity contribution in [3.8, 4) is 51.0 Å². The first-order valence-electron chi connectivity index (χ1n) is 16.7. The molecule has 0 aliphatic carbocycles. The van der Waals surface area contributed by atoms with Gasteiger partial charge in [-0.05, 0) is 58.7 Å². The molecule has 7 aromatic carbocycles. The summed E-state index contributed by atoms with van der Waals surface area (Å²) in [6.07, 6.45) is 0. The van der Waals surface area contributed by atoms with Crippen LogP contribution in [0.25, 0.3) is 94.7 Å². The molecular weight excluding hydrogens is 613 g/mol. The van der Waals surface area contributed by atoms with Crippen LogP contribution in [0.5, 0.6) is 0 Å². The van der Waals surface area contributed by atoms with Crippen molar-refractivity contribution in [1.82, 2.24) is 19.5 Å². The molecule has 3 heterocycles. The Kier molecular flexibility index (Phi) is 6.42. The monoisotopic (exact) mass is 640 g/mol. The van der Waals surface area contributed by atoms with Crippen molar-refractivity contribution >= 4 is 43.7 Å². The minimum absolute atomic E-state index is 0.560. The molecule has 0 fully saturated rings. The summed E-state index contributed by atoms with van der Waals surface area (Å²) in [5, 5.41) is 4.43. The molecule has 0 unspecified atom stereocenters. The first-order valence-corrected chi connectivity index (χ1v) is 16.7. The standard InChI is InChI=1S/C45H28N4O/c1-4-14-29(15-5-1)32-24-25-40-37(26-32)42-36(30-16-6-2-7-17-30)27-33(28-41(42)50-40)44-46-43(31-18-8-3-9-19-31)47-45(48-44)49-38-22-12-10-20-34(38)35-21-11-13-23-39(35)49/h1-28H. The van der Waals surface area contributed by atoms with E-state index < -0.39 is 0 Å². The Morgan fingerprint density at radius 1 is 0.380 bits per heavy atom. The van der Waals surface area contributed by atoms with Gasteiger partial charge in [-0.3, -0.25) is 4.57 Å². The fourth-order valence-electron chi connectivity index (χ4n) is 7.14. The van der Waals surface area contributed by atoms with E-state index >= 15 is 0 Å². The zero-order chi connectivity index (χ0) is 33.0. The zero-order valence-corrected chi connectivity index (χ0v) is 26.9. The van der Waals surface area contributed by atoms with Gasteiger partial charge >= 0.3 is 0 Å². The maximum absolute atomic E-state index is 6.62. The van der Waals surface area contributed by atoms with Crippen LogP contribution in [-0.4, -0.2) is 19.5 Å². The van der Waals surface area contributed by atoms with Crippen LogP contribution in [0, 0.1) is 0 Å². The molecule has 0 saturated heterocycles. The van der Waals surface area contributed by atoms with Gasteiger partial charge in [-0.1, -0.05) is 133 Å². The van der Waals surface area contributed by atoms with Crippen LogP contribution in [0.15, 0.2) is 174 Å². The third kappa shape index (κ3) is 4.60. The van der Waals surface area contributed by atoms with Crippen molar-refractivity contribution in [2.24, 2.45) is 0 Å². The summed E-state index contributed by atoms with van der Waals surface area (Å²) in [6, 6.07) is 58.6.